The second-order valence-corrected chi connectivity index (χ2v) is 6.13. The van der Waals surface area contributed by atoms with E-state index in [1.165, 1.54) is 4.90 Å². The first kappa shape index (κ1) is 15.2. The normalized spacial score (nSPS) is 10.3. The highest BCUT2D eigenvalue weighted by atomic mass is 127. The lowest BCUT2D eigenvalue weighted by Gasteiger charge is -2.09. The summed E-state index contributed by atoms with van der Waals surface area (Å²) in [6.07, 6.45) is 2.03. The van der Waals surface area contributed by atoms with Gasteiger partial charge in [0.05, 0.1) is 9.13 Å². The van der Waals surface area contributed by atoms with Gasteiger partial charge >= 0.3 is 5.97 Å². The molecule has 5 heteroatoms. The molecule has 0 heterocycles. The molecule has 2 aromatic carbocycles. The number of thioether (sulfide) groups is 1. The van der Waals surface area contributed by atoms with Crippen molar-refractivity contribution >= 4 is 40.3 Å². The number of rotatable bonds is 5. The van der Waals surface area contributed by atoms with Crippen LogP contribution in [0.5, 0.6) is 5.75 Å². The summed E-state index contributed by atoms with van der Waals surface area (Å²) in [5.74, 6) is -0.352. The van der Waals surface area contributed by atoms with Crippen LogP contribution < -0.4 is 4.74 Å². The van der Waals surface area contributed by atoms with Crippen LogP contribution >= 0.6 is 34.4 Å². The number of aromatic carboxylic acids is 1. The van der Waals surface area contributed by atoms with Gasteiger partial charge in [-0.05, 0) is 64.7 Å². The van der Waals surface area contributed by atoms with E-state index in [4.69, 9.17) is 9.84 Å². The fourth-order valence-corrected chi connectivity index (χ4v) is 2.53. The van der Waals surface area contributed by atoms with Crippen LogP contribution in [0.3, 0.4) is 0 Å². The van der Waals surface area contributed by atoms with Crippen molar-refractivity contribution in [2.45, 2.75) is 11.5 Å². The third kappa shape index (κ3) is 3.89. The second-order valence-electron chi connectivity index (χ2n) is 4.09. The van der Waals surface area contributed by atoms with Crippen molar-refractivity contribution in [1.29, 1.82) is 0 Å². The first-order valence-corrected chi connectivity index (χ1v) is 8.19. The van der Waals surface area contributed by atoms with Crippen LogP contribution in [0.1, 0.15) is 15.9 Å². The van der Waals surface area contributed by atoms with Crippen LogP contribution in [-0.2, 0) is 6.61 Å². The molecule has 2 aromatic rings. The minimum atomic E-state index is -0.949. The predicted molar refractivity (Wildman–Crippen MR) is 88.7 cm³/mol. The van der Waals surface area contributed by atoms with Gasteiger partial charge in [0, 0.05) is 4.90 Å². The summed E-state index contributed by atoms with van der Waals surface area (Å²) in [7, 11) is 0. The maximum atomic E-state index is 10.9. The van der Waals surface area contributed by atoms with Crippen molar-refractivity contribution in [3.63, 3.8) is 0 Å². The van der Waals surface area contributed by atoms with Gasteiger partial charge in [0.15, 0.2) is 0 Å². The lowest BCUT2D eigenvalue weighted by atomic mass is 10.2. The number of carboxylic acids is 1. The largest absolute Gasteiger partial charge is 0.488 e. The molecule has 0 saturated carbocycles. The number of carbonyl (C=O) groups is 1. The Morgan fingerprint density at radius 1 is 1.25 bits per heavy atom. The number of hydrogen-bond donors (Lipinski definition) is 1. The number of halogens is 1. The Hall–Kier alpha value is -1.21. The van der Waals surface area contributed by atoms with E-state index in [0.29, 0.717) is 12.4 Å². The summed E-state index contributed by atoms with van der Waals surface area (Å²) in [5.41, 5.74) is 1.29. The molecule has 0 radical (unpaired) electrons. The average Bonchev–Trinajstić information content (AvgIpc) is 2.46. The Balaban J connectivity index is 2.09. The fraction of sp³-hybridized carbons (Fsp3) is 0.133. The van der Waals surface area contributed by atoms with Crippen molar-refractivity contribution in [2.75, 3.05) is 6.26 Å². The van der Waals surface area contributed by atoms with E-state index in [0.717, 1.165) is 9.13 Å². The first-order chi connectivity index (χ1) is 9.60. The second kappa shape index (κ2) is 6.99. The van der Waals surface area contributed by atoms with Gasteiger partial charge < -0.3 is 9.84 Å². The van der Waals surface area contributed by atoms with Crippen LogP contribution in [0.4, 0.5) is 0 Å². The van der Waals surface area contributed by atoms with Gasteiger partial charge in [-0.3, -0.25) is 0 Å². The molecule has 0 atom stereocenters. The molecule has 1 N–H and O–H groups in total. The van der Waals surface area contributed by atoms with E-state index in [1.54, 1.807) is 30.0 Å². The van der Waals surface area contributed by atoms with Gasteiger partial charge in [-0.1, -0.05) is 12.1 Å². The van der Waals surface area contributed by atoms with Gasteiger partial charge in [-0.25, -0.2) is 4.79 Å². The molecule has 20 heavy (non-hydrogen) atoms. The van der Waals surface area contributed by atoms with Crippen LogP contribution in [0, 0.1) is 3.57 Å². The van der Waals surface area contributed by atoms with E-state index < -0.39 is 5.97 Å². The molecular weight excluding hydrogens is 387 g/mol. The summed E-state index contributed by atoms with van der Waals surface area (Å²) in [4.78, 5) is 12.2. The topological polar surface area (TPSA) is 46.5 Å². The zero-order valence-corrected chi connectivity index (χ0v) is 13.8. The molecule has 0 aromatic heterocycles. The van der Waals surface area contributed by atoms with Crippen LogP contribution in [0.2, 0.25) is 0 Å². The zero-order valence-electron chi connectivity index (χ0n) is 10.8. The molecule has 0 spiro atoms. The highest BCUT2D eigenvalue weighted by molar-refractivity contribution is 14.1. The molecule has 0 unspecified atom stereocenters. The Labute approximate surface area is 135 Å². The van der Waals surface area contributed by atoms with Gasteiger partial charge in [0.25, 0.3) is 0 Å². The third-order valence-electron chi connectivity index (χ3n) is 2.73. The molecule has 0 amide bonds. The maximum Gasteiger partial charge on any atom is 0.335 e. The van der Waals surface area contributed by atoms with E-state index in [9.17, 15) is 4.79 Å². The summed E-state index contributed by atoms with van der Waals surface area (Å²) < 4.78 is 6.61. The molecule has 0 aliphatic rings. The van der Waals surface area contributed by atoms with E-state index in [2.05, 4.69) is 22.6 Å². The maximum absolute atomic E-state index is 10.9. The Morgan fingerprint density at radius 3 is 2.55 bits per heavy atom. The van der Waals surface area contributed by atoms with Gasteiger partial charge in [-0.15, -0.1) is 11.8 Å². The Kier molecular flexibility index (Phi) is 5.31. The lowest BCUT2D eigenvalue weighted by Crippen LogP contribution is -2.01. The van der Waals surface area contributed by atoms with Crippen LogP contribution in [-0.4, -0.2) is 17.3 Å². The van der Waals surface area contributed by atoms with Gasteiger partial charge in [0.1, 0.15) is 12.4 Å². The van der Waals surface area contributed by atoms with E-state index in [-0.39, 0.29) is 5.56 Å². The average molecular weight is 400 g/mol. The highest BCUT2D eigenvalue weighted by Gasteiger charge is 2.08. The number of carboxylic acid groups (broad SMARTS) is 1. The van der Waals surface area contributed by atoms with E-state index in [1.807, 2.05) is 30.5 Å². The zero-order chi connectivity index (χ0) is 14.5. The predicted octanol–water partition coefficient (Wildman–Crippen LogP) is 4.29. The Bertz CT molecular complexity index is 611. The molecule has 0 saturated heterocycles. The van der Waals surface area contributed by atoms with Crippen LogP contribution in [0.25, 0.3) is 0 Å². The minimum Gasteiger partial charge on any atom is -0.488 e. The summed E-state index contributed by atoms with van der Waals surface area (Å²) in [6, 6.07) is 13.0. The van der Waals surface area contributed by atoms with Crippen molar-refractivity contribution in [1.82, 2.24) is 0 Å². The monoisotopic (exact) mass is 400 g/mol. The van der Waals surface area contributed by atoms with Crippen molar-refractivity contribution in [3.05, 3.63) is 57.2 Å². The molecule has 0 aliphatic heterocycles. The SMILES string of the molecule is CSc1ccc(COc2cc(C(=O)O)ccc2I)cc1. The summed E-state index contributed by atoms with van der Waals surface area (Å²) in [5, 5.41) is 8.98. The molecule has 0 fully saturated rings. The van der Waals surface area contributed by atoms with Crippen molar-refractivity contribution in [3.8, 4) is 5.75 Å². The fourth-order valence-electron chi connectivity index (χ4n) is 1.63. The molecule has 0 aliphatic carbocycles. The number of benzene rings is 2. The van der Waals surface area contributed by atoms with Gasteiger partial charge in [-0.2, -0.15) is 0 Å². The smallest absolute Gasteiger partial charge is 0.335 e. The quantitative estimate of drug-likeness (QED) is 0.601. The summed E-state index contributed by atoms with van der Waals surface area (Å²) >= 11 is 3.83. The Morgan fingerprint density at radius 2 is 1.95 bits per heavy atom. The standard InChI is InChI=1S/C15H13IO3S/c1-20-12-5-2-10(3-6-12)9-19-14-8-11(15(17)18)4-7-13(14)16/h2-8H,9H2,1H3,(H,17,18). The number of hydrogen-bond acceptors (Lipinski definition) is 3. The van der Waals surface area contributed by atoms with Crippen molar-refractivity contribution in [2.24, 2.45) is 0 Å². The molecular formula is C15H13IO3S. The van der Waals surface area contributed by atoms with Crippen LogP contribution in [0.15, 0.2) is 47.4 Å². The number of ether oxygens (including phenoxy) is 1. The highest BCUT2D eigenvalue weighted by Crippen LogP contribution is 2.24. The minimum absolute atomic E-state index is 0.234. The molecule has 3 nitrogen and oxygen atoms in total. The summed E-state index contributed by atoms with van der Waals surface area (Å²) in [6.45, 7) is 0.424. The third-order valence-corrected chi connectivity index (χ3v) is 4.37. The molecule has 2 rings (SSSR count). The molecule has 104 valence electrons. The first-order valence-electron chi connectivity index (χ1n) is 5.88. The van der Waals surface area contributed by atoms with E-state index >= 15 is 0 Å². The van der Waals surface area contributed by atoms with Crippen molar-refractivity contribution < 1.29 is 14.6 Å². The lowest BCUT2D eigenvalue weighted by molar-refractivity contribution is 0.0696. The molecule has 0 bridgehead atoms. The van der Waals surface area contributed by atoms with Gasteiger partial charge in [0.2, 0.25) is 0 Å².